The highest BCUT2D eigenvalue weighted by atomic mass is 16.3. The Morgan fingerprint density at radius 1 is 0.930 bits per heavy atom. The minimum absolute atomic E-state index is 0.0673. The summed E-state index contributed by atoms with van der Waals surface area (Å²) in [6, 6.07) is 28.3. The molecule has 4 N–H and O–H groups in total. The molecule has 3 aromatic rings. The number of nitrogens with two attached hydrogens (primary N) is 1. The second-order valence-electron chi connectivity index (χ2n) is 11.4. The van der Waals surface area contributed by atoms with Crippen molar-refractivity contribution in [1.29, 1.82) is 0 Å². The van der Waals surface area contributed by atoms with Crippen LogP contribution < -0.4 is 11.1 Å². The van der Waals surface area contributed by atoms with Gasteiger partial charge in [-0.3, -0.25) is 9.59 Å². The number of aliphatic hydroxyl groups is 1. The van der Waals surface area contributed by atoms with E-state index in [2.05, 4.69) is 43.4 Å². The second-order valence-corrected chi connectivity index (χ2v) is 11.4. The molecule has 1 unspecified atom stereocenters. The maximum Gasteiger partial charge on any atom is 0.249 e. The van der Waals surface area contributed by atoms with Crippen LogP contribution in [-0.2, 0) is 22.6 Å². The van der Waals surface area contributed by atoms with Crippen molar-refractivity contribution in [2.75, 3.05) is 19.6 Å². The Balaban J connectivity index is 1.58. The predicted molar refractivity (Wildman–Crippen MR) is 174 cm³/mol. The van der Waals surface area contributed by atoms with E-state index in [0.717, 1.165) is 35.1 Å². The monoisotopic (exact) mass is 579 g/mol. The second kappa shape index (κ2) is 15.5. The molecule has 0 spiro atoms. The van der Waals surface area contributed by atoms with Gasteiger partial charge < -0.3 is 21.1 Å². The third-order valence-electron chi connectivity index (χ3n) is 8.38. The first-order chi connectivity index (χ1) is 20.9. The minimum atomic E-state index is -1.22. The van der Waals surface area contributed by atoms with Gasteiger partial charge in [0, 0.05) is 37.7 Å². The summed E-state index contributed by atoms with van der Waals surface area (Å²) in [4.78, 5) is 28.9. The summed E-state index contributed by atoms with van der Waals surface area (Å²) in [5.41, 5.74) is 9.89. The lowest BCUT2D eigenvalue weighted by Gasteiger charge is -2.41. The predicted octanol–water partition coefficient (Wildman–Crippen LogP) is 5.67. The molecule has 4 rings (SSSR count). The molecule has 1 aliphatic rings. The number of benzene rings is 3. The first-order valence-corrected chi connectivity index (χ1v) is 15.4. The van der Waals surface area contributed by atoms with Gasteiger partial charge in [0.1, 0.15) is 0 Å². The zero-order chi connectivity index (χ0) is 30.7. The van der Waals surface area contributed by atoms with Crippen molar-refractivity contribution in [3.05, 3.63) is 120 Å². The fourth-order valence-electron chi connectivity index (χ4n) is 6.18. The van der Waals surface area contributed by atoms with Gasteiger partial charge >= 0.3 is 0 Å². The summed E-state index contributed by atoms with van der Waals surface area (Å²) in [6.45, 7) is 6.22. The number of hydrogen-bond acceptors (Lipinski definition) is 4. The van der Waals surface area contributed by atoms with Gasteiger partial charge in [0.25, 0.3) is 0 Å². The molecule has 226 valence electrons. The van der Waals surface area contributed by atoms with Gasteiger partial charge in [-0.25, -0.2) is 0 Å². The van der Waals surface area contributed by atoms with Crippen LogP contribution in [0.2, 0.25) is 0 Å². The summed E-state index contributed by atoms with van der Waals surface area (Å²) in [6.07, 6.45) is 6.77. The first-order valence-electron chi connectivity index (χ1n) is 15.4. The van der Waals surface area contributed by atoms with E-state index in [1.165, 1.54) is 0 Å². The summed E-state index contributed by atoms with van der Waals surface area (Å²) >= 11 is 0. The van der Waals surface area contributed by atoms with E-state index in [-0.39, 0.29) is 18.9 Å². The van der Waals surface area contributed by atoms with E-state index in [1.54, 1.807) is 18.2 Å². The number of nitrogens with zero attached hydrogens (tertiary/aromatic N) is 1. The Morgan fingerprint density at radius 2 is 1.56 bits per heavy atom. The summed E-state index contributed by atoms with van der Waals surface area (Å²) in [5.74, 6) is -1.15. The summed E-state index contributed by atoms with van der Waals surface area (Å²) < 4.78 is 0. The Kier molecular flexibility index (Phi) is 11.5. The highest BCUT2D eigenvalue weighted by molar-refractivity contribution is 5.96. The molecule has 0 saturated heterocycles. The third kappa shape index (κ3) is 7.89. The molecule has 0 bridgehead atoms. The topological polar surface area (TPSA) is 95.7 Å². The highest BCUT2D eigenvalue weighted by Crippen LogP contribution is 2.43. The quantitative estimate of drug-likeness (QED) is 0.216. The third-order valence-corrected chi connectivity index (χ3v) is 8.38. The van der Waals surface area contributed by atoms with E-state index < -0.39 is 23.3 Å². The van der Waals surface area contributed by atoms with Gasteiger partial charge in [0.2, 0.25) is 11.8 Å². The number of rotatable bonds is 15. The van der Waals surface area contributed by atoms with Crippen LogP contribution in [0.3, 0.4) is 0 Å². The smallest absolute Gasteiger partial charge is 0.249 e. The van der Waals surface area contributed by atoms with E-state index in [4.69, 9.17) is 5.73 Å². The maximum absolute atomic E-state index is 13.6. The number of primary amides is 1. The maximum atomic E-state index is 13.6. The molecule has 0 radical (unpaired) electrons. The largest absolute Gasteiger partial charge is 0.391 e. The molecule has 0 aromatic heterocycles. The molecule has 3 aromatic carbocycles. The molecule has 6 heteroatoms. The first kappa shape index (κ1) is 31.9. The van der Waals surface area contributed by atoms with Crippen molar-refractivity contribution < 1.29 is 14.7 Å². The summed E-state index contributed by atoms with van der Waals surface area (Å²) in [7, 11) is 0. The van der Waals surface area contributed by atoms with E-state index in [1.807, 2.05) is 65.6 Å². The molecule has 2 amide bonds. The van der Waals surface area contributed by atoms with Gasteiger partial charge in [0.15, 0.2) is 0 Å². The van der Waals surface area contributed by atoms with E-state index >= 15 is 0 Å². The van der Waals surface area contributed by atoms with Crippen molar-refractivity contribution >= 4 is 11.8 Å². The average molecular weight is 580 g/mol. The lowest BCUT2D eigenvalue weighted by Crippen LogP contribution is -2.51. The number of allylic oxidation sites excluding steroid dienone is 2. The SMILES string of the molecule is CCCN(CCC)C(=O)C1=CC=CC(C(N)=O)([C@H](Cc2ccccc2)[C@@H](O)CNCc2ccccc2-c2ccccc2)C1. The zero-order valence-corrected chi connectivity index (χ0v) is 25.4. The zero-order valence-electron chi connectivity index (χ0n) is 25.4. The highest BCUT2D eigenvalue weighted by Gasteiger charge is 2.47. The van der Waals surface area contributed by atoms with Crippen molar-refractivity contribution in [3.63, 3.8) is 0 Å². The van der Waals surface area contributed by atoms with Crippen LogP contribution in [0, 0.1) is 11.3 Å². The van der Waals surface area contributed by atoms with Crippen LogP contribution in [0.4, 0.5) is 0 Å². The Bertz CT molecular complexity index is 1400. The molecule has 3 atom stereocenters. The van der Waals surface area contributed by atoms with Crippen LogP contribution in [0.1, 0.15) is 44.2 Å². The standard InChI is InChI=1S/C37H45N3O3/c1-3-22-40(23-4-2)35(42)30-19-13-21-37(25-30,36(38)43)33(24-28-14-7-5-8-15-28)34(41)27-39-26-31-18-11-12-20-32(31)29-16-9-6-10-17-29/h5-21,33-34,39,41H,3-4,22-27H2,1-2H3,(H2,38,43)/t33-,34+,37?/m1/s1. The Hall–Kier alpha value is -4.00. The fraction of sp³-hybridized carbons (Fsp3) is 0.351. The molecule has 0 heterocycles. The molecule has 43 heavy (non-hydrogen) atoms. The molecule has 0 fully saturated rings. The van der Waals surface area contributed by atoms with Gasteiger partial charge in [-0.05, 0) is 47.9 Å². The molecular weight excluding hydrogens is 534 g/mol. The Morgan fingerprint density at radius 3 is 2.21 bits per heavy atom. The summed E-state index contributed by atoms with van der Waals surface area (Å²) in [5, 5.41) is 15.2. The van der Waals surface area contributed by atoms with Crippen LogP contribution in [-0.4, -0.2) is 47.6 Å². The van der Waals surface area contributed by atoms with Crippen LogP contribution in [0.5, 0.6) is 0 Å². The lowest BCUT2D eigenvalue weighted by atomic mass is 9.64. The van der Waals surface area contributed by atoms with Crippen LogP contribution in [0.15, 0.2) is 109 Å². The van der Waals surface area contributed by atoms with Gasteiger partial charge in [0.05, 0.1) is 11.5 Å². The average Bonchev–Trinajstić information content (AvgIpc) is 3.04. The molecule has 0 aliphatic heterocycles. The van der Waals surface area contributed by atoms with Crippen molar-refractivity contribution in [1.82, 2.24) is 10.2 Å². The van der Waals surface area contributed by atoms with Gasteiger partial charge in [-0.15, -0.1) is 0 Å². The Labute approximate surface area is 256 Å². The van der Waals surface area contributed by atoms with E-state index in [0.29, 0.717) is 31.6 Å². The number of aliphatic hydroxyl groups excluding tert-OH is 1. The molecule has 1 aliphatic carbocycles. The molecular formula is C37H45N3O3. The van der Waals surface area contributed by atoms with Gasteiger partial charge in [-0.1, -0.05) is 117 Å². The molecule has 0 saturated carbocycles. The number of amides is 2. The minimum Gasteiger partial charge on any atom is -0.391 e. The number of carbonyl (C=O) groups is 2. The normalized spacial score (nSPS) is 17.6. The number of carbonyl (C=O) groups excluding carboxylic acids is 2. The van der Waals surface area contributed by atoms with Crippen molar-refractivity contribution in [2.24, 2.45) is 17.1 Å². The molecule has 6 nitrogen and oxygen atoms in total. The van der Waals surface area contributed by atoms with E-state index in [9.17, 15) is 14.7 Å². The lowest BCUT2D eigenvalue weighted by molar-refractivity contribution is -0.132. The van der Waals surface area contributed by atoms with Gasteiger partial charge in [-0.2, -0.15) is 0 Å². The number of nitrogens with one attached hydrogen (secondary N) is 1. The van der Waals surface area contributed by atoms with Crippen LogP contribution >= 0.6 is 0 Å². The van der Waals surface area contributed by atoms with Crippen molar-refractivity contribution in [3.8, 4) is 11.1 Å². The van der Waals surface area contributed by atoms with Crippen molar-refractivity contribution in [2.45, 2.75) is 52.2 Å². The van der Waals surface area contributed by atoms with Crippen LogP contribution in [0.25, 0.3) is 11.1 Å². The fourth-order valence-corrected chi connectivity index (χ4v) is 6.18. The number of hydrogen-bond donors (Lipinski definition) is 3.